The molecule has 0 saturated heterocycles. The number of nitrogens with one attached hydrogen (secondary N) is 1. The highest BCUT2D eigenvalue weighted by Crippen LogP contribution is 2.28. The van der Waals surface area contributed by atoms with Crippen molar-refractivity contribution >= 4 is 56.3 Å². The van der Waals surface area contributed by atoms with E-state index in [-0.39, 0.29) is 5.91 Å². The summed E-state index contributed by atoms with van der Waals surface area (Å²) < 4.78 is 12.6. The monoisotopic (exact) mass is 532 g/mol. The van der Waals surface area contributed by atoms with E-state index >= 15 is 0 Å². The molecule has 168 valence electrons. The summed E-state index contributed by atoms with van der Waals surface area (Å²) in [4.78, 5) is 17.0. The molecule has 2 heterocycles. The standard InChI is InChI=1S/C27H18BrClN2O3/c1-16-2-3-18(14-22(16)29)24-12-9-21(33-24)10-13-26(32)30-20-8-11-25-23(15-20)31-27(34-25)17-4-6-19(28)7-5-17/h2-15H,1H3,(H,30,32). The summed E-state index contributed by atoms with van der Waals surface area (Å²) in [7, 11) is 0. The Hall–Kier alpha value is -3.61. The number of amides is 1. The maximum absolute atomic E-state index is 12.4. The lowest BCUT2D eigenvalue weighted by molar-refractivity contribution is -0.111. The molecule has 0 unspecified atom stereocenters. The number of carbonyl (C=O) groups excluding carboxylic acids is 1. The molecule has 0 aliphatic rings. The number of hydrogen-bond acceptors (Lipinski definition) is 4. The van der Waals surface area contributed by atoms with E-state index in [2.05, 4.69) is 26.2 Å². The van der Waals surface area contributed by atoms with E-state index in [1.165, 1.54) is 6.08 Å². The summed E-state index contributed by atoms with van der Waals surface area (Å²) in [5.41, 5.74) is 4.68. The van der Waals surface area contributed by atoms with E-state index < -0.39 is 0 Å². The van der Waals surface area contributed by atoms with E-state index in [9.17, 15) is 4.79 Å². The zero-order chi connectivity index (χ0) is 23.7. The van der Waals surface area contributed by atoms with Gasteiger partial charge >= 0.3 is 0 Å². The minimum Gasteiger partial charge on any atom is -0.457 e. The van der Waals surface area contributed by atoms with Crippen LogP contribution in [-0.4, -0.2) is 10.9 Å². The molecule has 0 spiro atoms. The number of nitrogens with zero attached hydrogens (tertiary/aromatic N) is 1. The fourth-order valence-corrected chi connectivity index (χ4v) is 3.85. The van der Waals surface area contributed by atoms with Crippen LogP contribution < -0.4 is 5.32 Å². The number of anilines is 1. The van der Waals surface area contributed by atoms with Gasteiger partial charge in [0, 0.05) is 32.4 Å². The number of benzene rings is 3. The third-order valence-electron chi connectivity index (χ3n) is 5.23. The Morgan fingerprint density at radius 2 is 1.76 bits per heavy atom. The van der Waals surface area contributed by atoms with Crippen LogP contribution in [0.3, 0.4) is 0 Å². The number of halogens is 2. The Labute approximate surface area is 209 Å². The number of carbonyl (C=O) groups is 1. The highest BCUT2D eigenvalue weighted by Gasteiger charge is 2.10. The molecular formula is C27H18BrClN2O3. The molecule has 0 aliphatic heterocycles. The van der Waals surface area contributed by atoms with Gasteiger partial charge in [0.05, 0.1) is 0 Å². The Morgan fingerprint density at radius 3 is 2.56 bits per heavy atom. The molecule has 2 aromatic heterocycles. The van der Waals surface area contributed by atoms with Gasteiger partial charge in [-0.25, -0.2) is 4.98 Å². The molecule has 5 rings (SSSR count). The van der Waals surface area contributed by atoms with Crippen LogP contribution in [0.5, 0.6) is 0 Å². The van der Waals surface area contributed by atoms with Gasteiger partial charge in [-0.05, 0) is 79.2 Å². The number of aryl methyl sites for hydroxylation is 1. The van der Waals surface area contributed by atoms with E-state index in [1.807, 2.05) is 55.5 Å². The summed E-state index contributed by atoms with van der Waals surface area (Å²) >= 11 is 9.63. The lowest BCUT2D eigenvalue weighted by Crippen LogP contribution is -2.07. The van der Waals surface area contributed by atoms with Crippen LogP contribution >= 0.6 is 27.5 Å². The Balaban J connectivity index is 1.27. The predicted octanol–water partition coefficient (Wildman–Crippen LogP) is 8.13. The minimum absolute atomic E-state index is 0.285. The number of fused-ring (bicyclic) bond motifs is 1. The Morgan fingerprint density at radius 1 is 0.971 bits per heavy atom. The van der Waals surface area contributed by atoms with E-state index in [4.69, 9.17) is 20.4 Å². The van der Waals surface area contributed by atoms with Crippen LogP contribution in [0.4, 0.5) is 5.69 Å². The lowest BCUT2D eigenvalue weighted by atomic mass is 10.1. The first-order valence-corrected chi connectivity index (χ1v) is 11.6. The van der Waals surface area contributed by atoms with Gasteiger partial charge in [-0.1, -0.05) is 39.7 Å². The first-order valence-electron chi connectivity index (χ1n) is 10.5. The maximum Gasteiger partial charge on any atom is 0.248 e. The van der Waals surface area contributed by atoms with Crippen molar-refractivity contribution in [3.05, 3.63) is 99.7 Å². The first-order chi connectivity index (χ1) is 16.4. The molecule has 0 atom stereocenters. The number of rotatable bonds is 5. The van der Waals surface area contributed by atoms with Gasteiger partial charge in [-0.3, -0.25) is 4.79 Å². The second kappa shape index (κ2) is 9.33. The maximum atomic E-state index is 12.4. The number of oxazole rings is 1. The predicted molar refractivity (Wildman–Crippen MR) is 139 cm³/mol. The Bertz CT molecular complexity index is 1530. The summed E-state index contributed by atoms with van der Waals surface area (Å²) in [6.07, 6.45) is 3.04. The van der Waals surface area contributed by atoms with Gasteiger partial charge in [-0.2, -0.15) is 0 Å². The minimum atomic E-state index is -0.285. The molecule has 1 amide bonds. The van der Waals surface area contributed by atoms with Crippen molar-refractivity contribution < 1.29 is 13.6 Å². The lowest BCUT2D eigenvalue weighted by Gasteiger charge is -2.01. The molecule has 0 saturated carbocycles. The second-order valence-corrected chi connectivity index (χ2v) is 9.02. The molecule has 5 nitrogen and oxygen atoms in total. The summed E-state index contributed by atoms with van der Waals surface area (Å²) in [5.74, 6) is 1.48. The Kier molecular flexibility index (Phi) is 6.09. The van der Waals surface area contributed by atoms with Crippen molar-refractivity contribution in [2.75, 3.05) is 5.32 Å². The van der Waals surface area contributed by atoms with Gasteiger partial charge in [0.2, 0.25) is 11.8 Å². The molecule has 1 N–H and O–H groups in total. The second-order valence-electron chi connectivity index (χ2n) is 7.70. The summed E-state index contributed by atoms with van der Waals surface area (Å²) in [6.45, 7) is 1.95. The molecule has 0 aliphatic carbocycles. The molecule has 5 aromatic rings. The third-order valence-corrected chi connectivity index (χ3v) is 6.16. The van der Waals surface area contributed by atoms with Crippen molar-refractivity contribution in [1.29, 1.82) is 0 Å². The summed E-state index contributed by atoms with van der Waals surface area (Å²) in [6, 6.07) is 22.5. The van der Waals surface area contributed by atoms with Crippen molar-refractivity contribution in [2.24, 2.45) is 0 Å². The fraction of sp³-hybridized carbons (Fsp3) is 0.0370. The van der Waals surface area contributed by atoms with Crippen LogP contribution in [0, 0.1) is 6.92 Å². The zero-order valence-corrected chi connectivity index (χ0v) is 20.4. The summed E-state index contributed by atoms with van der Waals surface area (Å²) in [5, 5.41) is 3.52. The van der Waals surface area contributed by atoms with Crippen molar-refractivity contribution in [2.45, 2.75) is 6.92 Å². The quantitative estimate of drug-likeness (QED) is 0.232. The number of aromatic nitrogens is 1. The van der Waals surface area contributed by atoms with Crippen molar-refractivity contribution in [3.63, 3.8) is 0 Å². The third kappa shape index (κ3) is 4.83. The van der Waals surface area contributed by atoms with Gasteiger partial charge in [0.15, 0.2) is 5.58 Å². The largest absolute Gasteiger partial charge is 0.457 e. The number of hydrogen-bond donors (Lipinski definition) is 1. The van der Waals surface area contributed by atoms with Crippen LogP contribution in [0.15, 0.2) is 92.2 Å². The molecule has 0 radical (unpaired) electrons. The van der Waals surface area contributed by atoms with Crippen molar-refractivity contribution in [1.82, 2.24) is 4.98 Å². The first kappa shape index (κ1) is 22.2. The highest BCUT2D eigenvalue weighted by atomic mass is 79.9. The van der Waals surface area contributed by atoms with Gasteiger partial charge in [-0.15, -0.1) is 0 Å². The van der Waals surface area contributed by atoms with Crippen LogP contribution in [0.1, 0.15) is 11.3 Å². The highest BCUT2D eigenvalue weighted by molar-refractivity contribution is 9.10. The molecule has 7 heteroatoms. The van der Waals surface area contributed by atoms with E-state index in [0.717, 1.165) is 21.2 Å². The fourth-order valence-electron chi connectivity index (χ4n) is 3.41. The van der Waals surface area contributed by atoms with Gasteiger partial charge in [0.25, 0.3) is 0 Å². The average molecular weight is 534 g/mol. The zero-order valence-electron chi connectivity index (χ0n) is 18.0. The average Bonchev–Trinajstić information content (AvgIpc) is 3.47. The van der Waals surface area contributed by atoms with E-state index in [0.29, 0.717) is 39.2 Å². The van der Waals surface area contributed by atoms with Crippen LogP contribution in [0.25, 0.3) is 40.0 Å². The molecule has 0 bridgehead atoms. The normalized spacial score (nSPS) is 11.4. The van der Waals surface area contributed by atoms with Gasteiger partial charge < -0.3 is 14.2 Å². The number of furan rings is 1. The molecule has 34 heavy (non-hydrogen) atoms. The molecule has 0 fully saturated rings. The topological polar surface area (TPSA) is 68.3 Å². The van der Waals surface area contributed by atoms with Crippen LogP contribution in [0.2, 0.25) is 5.02 Å². The van der Waals surface area contributed by atoms with Gasteiger partial charge in [0.1, 0.15) is 17.0 Å². The SMILES string of the molecule is Cc1ccc(-c2ccc(C=CC(=O)Nc3ccc4oc(-c5ccc(Br)cc5)nc4c3)o2)cc1Cl. The molecular weight excluding hydrogens is 516 g/mol. The van der Waals surface area contributed by atoms with E-state index in [1.54, 1.807) is 30.3 Å². The molecule has 3 aromatic carbocycles. The van der Waals surface area contributed by atoms with Crippen LogP contribution in [-0.2, 0) is 4.79 Å². The van der Waals surface area contributed by atoms with Crippen molar-refractivity contribution in [3.8, 4) is 22.8 Å². The smallest absolute Gasteiger partial charge is 0.248 e.